The quantitative estimate of drug-likeness (QED) is 0.657. The predicted molar refractivity (Wildman–Crippen MR) is 56.6 cm³/mol. The summed E-state index contributed by atoms with van der Waals surface area (Å²) >= 11 is 2.08. The largest absolute Gasteiger partial charge is 0.330 e. The lowest BCUT2D eigenvalue weighted by Gasteiger charge is -2.22. The van der Waals surface area contributed by atoms with Gasteiger partial charge in [0.05, 0.1) is 0 Å². The van der Waals surface area contributed by atoms with Gasteiger partial charge in [-0.3, -0.25) is 0 Å². The molecule has 0 spiro atoms. The summed E-state index contributed by atoms with van der Waals surface area (Å²) in [6.45, 7) is 2.07. The Balaban J connectivity index is 2.05. The van der Waals surface area contributed by atoms with Crippen LogP contribution < -0.4 is 5.73 Å². The van der Waals surface area contributed by atoms with Crippen LogP contribution in [0.3, 0.4) is 0 Å². The van der Waals surface area contributed by atoms with E-state index in [2.05, 4.69) is 23.7 Å². The molecular formula is C9H20N2S. The molecule has 0 aliphatic carbocycles. The lowest BCUT2D eigenvalue weighted by atomic mass is 10.2. The van der Waals surface area contributed by atoms with Crippen molar-refractivity contribution in [2.24, 2.45) is 5.73 Å². The van der Waals surface area contributed by atoms with Gasteiger partial charge in [0.1, 0.15) is 0 Å². The molecule has 0 saturated carbocycles. The molecule has 0 aromatic carbocycles. The van der Waals surface area contributed by atoms with E-state index in [4.69, 9.17) is 5.73 Å². The van der Waals surface area contributed by atoms with Gasteiger partial charge in [0.2, 0.25) is 0 Å². The first kappa shape index (κ1) is 10.4. The summed E-state index contributed by atoms with van der Waals surface area (Å²) in [5, 5.41) is 0. The van der Waals surface area contributed by atoms with Gasteiger partial charge in [0, 0.05) is 11.8 Å². The molecule has 72 valence electrons. The van der Waals surface area contributed by atoms with Crippen LogP contribution in [0, 0.1) is 0 Å². The van der Waals surface area contributed by atoms with Crippen LogP contribution in [-0.2, 0) is 0 Å². The minimum absolute atomic E-state index is 0.841. The van der Waals surface area contributed by atoms with Crippen molar-refractivity contribution in [2.45, 2.75) is 25.3 Å². The molecule has 12 heavy (non-hydrogen) atoms. The number of thioether (sulfide) groups is 1. The first-order valence-electron chi connectivity index (χ1n) is 4.82. The Morgan fingerprint density at radius 3 is 2.92 bits per heavy atom. The summed E-state index contributed by atoms with van der Waals surface area (Å²) in [5.41, 5.74) is 5.45. The molecule has 0 aromatic heterocycles. The fourth-order valence-electron chi connectivity index (χ4n) is 1.56. The van der Waals surface area contributed by atoms with Gasteiger partial charge < -0.3 is 10.6 Å². The van der Waals surface area contributed by atoms with E-state index in [0.717, 1.165) is 12.6 Å². The van der Waals surface area contributed by atoms with Crippen molar-refractivity contribution < 1.29 is 0 Å². The highest BCUT2D eigenvalue weighted by atomic mass is 32.2. The van der Waals surface area contributed by atoms with Gasteiger partial charge >= 0.3 is 0 Å². The highest BCUT2D eigenvalue weighted by Crippen LogP contribution is 2.21. The minimum Gasteiger partial charge on any atom is -0.330 e. The molecule has 1 atom stereocenters. The summed E-state index contributed by atoms with van der Waals surface area (Å²) in [4.78, 5) is 2.50. The van der Waals surface area contributed by atoms with Crippen molar-refractivity contribution in [1.29, 1.82) is 0 Å². The topological polar surface area (TPSA) is 29.3 Å². The van der Waals surface area contributed by atoms with Gasteiger partial charge in [-0.25, -0.2) is 0 Å². The molecule has 0 amide bonds. The SMILES string of the molecule is CN(CCCCN)C1CCSC1. The highest BCUT2D eigenvalue weighted by molar-refractivity contribution is 7.99. The monoisotopic (exact) mass is 188 g/mol. The molecule has 1 heterocycles. The Labute approximate surface area is 79.9 Å². The number of nitrogens with zero attached hydrogens (tertiary/aromatic N) is 1. The van der Waals surface area contributed by atoms with Crippen LogP contribution in [0.4, 0.5) is 0 Å². The third kappa shape index (κ3) is 3.33. The summed E-state index contributed by atoms with van der Waals surface area (Å²) in [6, 6.07) is 0.841. The number of nitrogens with two attached hydrogens (primary N) is 1. The lowest BCUT2D eigenvalue weighted by molar-refractivity contribution is 0.258. The van der Waals surface area contributed by atoms with Crippen LogP contribution >= 0.6 is 11.8 Å². The van der Waals surface area contributed by atoms with Crippen LogP contribution in [0.25, 0.3) is 0 Å². The van der Waals surface area contributed by atoms with Crippen LogP contribution in [0.1, 0.15) is 19.3 Å². The second-order valence-electron chi connectivity index (χ2n) is 3.49. The Morgan fingerprint density at radius 1 is 1.50 bits per heavy atom. The normalized spacial score (nSPS) is 23.8. The van der Waals surface area contributed by atoms with Gasteiger partial charge in [-0.15, -0.1) is 0 Å². The molecule has 0 aromatic rings. The fourth-order valence-corrected chi connectivity index (χ4v) is 2.86. The van der Waals surface area contributed by atoms with Gasteiger partial charge in [-0.1, -0.05) is 0 Å². The van der Waals surface area contributed by atoms with Crippen molar-refractivity contribution >= 4 is 11.8 Å². The van der Waals surface area contributed by atoms with E-state index < -0.39 is 0 Å². The van der Waals surface area contributed by atoms with Gasteiger partial charge in [0.25, 0.3) is 0 Å². The average molecular weight is 188 g/mol. The van der Waals surface area contributed by atoms with Crippen molar-refractivity contribution in [3.05, 3.63) is 0 Å². The van der Waals surface area contributed by atoms with E-state index in [-0.39, 0.29) is 0 Å². The Morgan fingerprint density at radius 2 is 2.33 bits per heavy atom. The van der Waals surface area contributed by atoms with Gasteiger partial charge in [0.15, 0.2) is 0 Å². The van der Waals surface area contributed by atoms with Gasteiger partial charge in [-0.2, -0.15) is 11.8 Å². The molecule has 1 unspecified atom stereocenters. The molecule has 2 N–H and O–H groups in total. The molecule has 1 rings (SSSR count). The van der Waals surface area contributed by atoms with Crippen LogP contribution in [0.5, 0.6) is 0 Å². The number of unbranched alkanes of at least 4 members (excludes halogenated alkanes) is 1. The number of hydrogen-bond donors (Lipinski definition) is 1. The Bertz CT molecular complexity index is 113. The fraction of sp³-hybridized carbons (Fsp3) is 1.00. The third-order valence-corrected chi connectivity index (χ3v) is 3.64. The zero-order chi connectivity index (χ0) is 8.81. The molecular weight excluding hydrogens is 168 g/mol. The zero-order valence-electron chi connectivity index (χ0n) is 7.96. The number of rotatable bonds is 5. The maximum absolute atomic E-state index is 5.45. The summed E-state index contributed by atoms with van der Waals surface area (Å²) in [5.74, 6) is 2.69. The van der Waals surface area contributed by atoms with E-state index in [9.17, 15) is 0 Å². The average Bonchev–Trinajstić information content (AvgIpc) is 2.56. The highest BCUT2D eigenvalue weighted by Gasteiger charge is 2.18. The molecule has 1 fully saturated rings. The molecule has 3 heteroatoms. The maximum Gasteiger partial charge on any atom is 0.0191 e. The van der Waals surface area contributed by atoms with E-state index in [1.165, 1.54) is 37.3 Å². The number of hydrogen-bond acceptors (Lipinski definition) is 3. The van der Waals surface area contributed by atoms with Gasteiger partial charge in [-0.05, 0) is 45.2 Å². The second kappa shape index (κ2) is 5.84. The first-order valence-corrected chi connectivity index (χ1v) is 5.98. The van der Waals surface area contributed by atoms with Crippen molar-refractivity contribution in [3.8, 4) is 0 Å². The van der Waals surface area contributed by atoms with Crippen LogP contribution in [-0.4, -0.2) is 42.6 Å². The van der Waals surface area contributed by atoms with Crippen molar-refractivity contribution in [3.63, 3.8) is 0 Å². The van der Waals surface area contributed by atoms with Crippen LogP contribution in [0.15, 0.2) is 0 Å². The van der Waals surface area contributed by atoms with Crippen molar-refractivity contribution in [2.75, 3.05) is 31.6 Å². The van der Waals surface area contributed by atoms with Crippen molar-refractivity contribution in [1.82, 2.24) is 4.90 Å². The maximum atomic E-state index is 5.45. The molecule has 1 aliphatic rings. The predicted octanol–water partition coefficient (Wildman–Crippen LogP) is 1.16. The molecule has 1 aliphatic heterocycles. The first-order chi connectivity index (χ1) is 5.84. The molecule has 0 bridgehead atoms. The summed E-state index contributed by atoms with van der Waals surface area (Å²) < 4.78 is 0. The van der Waals surface area contributed by atoms with E-state index in [1.807, 2.05) is 0 Å². The zero-order valence-corrected chi connectivity index (χ0v) is 8.78. The standard InChI is InChI=1S/C9H20N2S/c1-11(6-3-2-5-10)9-4-7-12-8-9/h9H,2-8,10H2,1H3. The Kier molecular flexibility index (Phi) is 5.04. The molecule has 0 radical (unpaired) electrons. The summed E-state index contributed by atoms with van der Waals surface area (Å²) in [7, 11) is 2.24. The molecule has 1 saturated heterocycles. The smallest absolute Gasteiger partial charge is 0.0191 e. The van der Waals surface area contributed by atoms with E-state index in [1.54, 1.807) is 0 Å². The second-order valence-corrected chi connectivity index (χ2v) is 4.64. The minimum atomic E-state index is 0.841. The third-order valence-electron chi connectivity index (χ3n) is 2.49. The van der Waals surface area contributed by atoms with E-state index >= 15 is 0 Å². The lowest BCUT2D eigenvalue weighted by Crippen LogP contribution is -2.32. The van der Waals surface area contributed by atoms with Crippen LogP contribution in [0.2, 0.25) is 0 Å². The van der Waals surface area contributed by atoms with E-state index in [0.29, 0.717) is 0 Å². The summed E-state index contributed by atoms with van der Waals surface area (Å²) in [6.07, 6.45) is 3.81. The Hall–Kier alpha value is 0.270. The molecule has 2 nitrogen and oxygen atoms in total.